The zero-order valence-corrected chi connectivity index (χ0v) is 16.3. The molecule has 0 atom stereocenters. The van der Waals surface area contributed by atoms with Crippen LogP contribution in [0.5, 0.6) is 0 Å². The van der Waals surface area contributed by atoms with Crippen molar-refractivity contribution in [2.75, 3.05) is 0 Å². The zero-order chi connectivity index (χ0) is 7.07. The average molecular weight is 370 g/mol. The minimum absolute atomic E-state index is 0. The molecule has 0 bridgehead atoms. The zero-order valence-electron chi connectivity index (χ0n) is 12.2. The molecule has 0 aromatic carbocycles. The third kappa shape index (κ3) is 36.0. The van der Waals surface area contributed by atoms with Crippen molar-refractivity contribution >= 4 is 24.8 Å². The van der Waals surface area contributed by atoms with Gasteiger partial charge < -0.3 is 37.1 Å². The van der Waals surface area contributed by atoms with Crippen LogP contribution in [-0.2, 0) is 26.2 Å². The van der Waals surface area contributed by atoms with E-state index in [-0.39, 0.29) is 88.2 Å². The SMILES string of the molecule is Cl.Cl.[C-]1=CC=CC1.[C-]1=CC=CC1.[CH3-].[CH3-].[CH3-].[CH3-].[CH3-].[Zr]. The van der Waals surface area contributed by atoms with Gasteiger partial charge in [-0.15, -0.1) is 37.7 Å². The summed E-state index contributed by atoms with van der Waals surface area (Å²) in [4.78, 5) is 0. The van der Waals surface area contributed by atoms with Gasteiger partial charge in [-0.3, -0.25) is 12.2 Å². The van der Waals surface area contributed by atoms with Gasteiger partial charge in [-0.1, -0.05) is 0 Å². The Morgan fingerprint density at radius 2 is 0.889 bits per heavy atom. The molecule has 0 amide bonds. The Balaban J connectivity index is -0.0000000128. The van der Waals surface area contributed by atoms with Crippen LogP contribution < -0.4 is 0 Å². The maximum Gasteiger partial charge on any atom is 0 e. The largest absolute Gasteiger partial charge is 0.358 e. The Bertz CT molecular complexity index is 153. The Hall–Kier alpha value is 0.423. The predicted octanol–water partition coefficient (Wildman–Crippen LogP) is 5.70. The summed E-state index contributed by atoms with van der Waals surface area (Å²) in [6, 6.07) is 0. The molecule has 0 N–H and O–H groups in total. The van der Waals surface area contributed by atoms with Crippen LogP contribution in [0.25, 0.3) is 0 Å². The molecule has 2 aliphatic carbocycles. The van der Waals surface area contributed by atoms with Crippen molar-refractivity contribution in [3.05, 3.63) is 85.7 Å². The molecule has 0 heterocycles. The van der Waals surface area contributed by atoms with E-state index in [0.717, 1.165) is 12.8 Å². The fourth-order valence-electron chi connectivity index (χ4n) is 0.680. The molecule has 0 fully saturated rings. The van der Waals surface area contributed by atoms with Crippen LogP contribution in [0.2, 0.25) is 0 Å². The van der Waals surface area contributed by atoms with Gasteiger partial charge >= 0.3 is 0 Å². The van der Waals surface area contributed by atoms with Crippen LogP contribution in [0.15, 0.2) is 36.5 Å². The average Bonchev–Trinajstić information content (AvgIpc) is 2.67. The normalized spacial score (nSPS) is 9.78. The molecule has 3 heteroatoms. The molecule has 0 aliphatic heterocycles. The van der Waals surface area contributed by atoms with Crippen molar-refractivity contribution < 1.29 is 26.2 Å². The number of hydrogen-bond donors (Lipinski definition) is 0. The standard InChI is InChI=1S/2C5H5.5CH3.2ClH.Zr/c2*1-2-4-5-3-1;;;;;;;;/h2*1-3H,4H2;5*1H3;2*1H;/q7*-1;;;. The van der Waals surface area contributed by atoms with Gasteiger partial charge in [0.05, 0.1) is 0 Å². The molecular weight excluding hydrogens is 342 g/mol. The summed E-state index contributed by atoms with van der Waals surface area (Å²) >= 11 is 0. The molecular formula is C15H27Cl2Zr-7. The third-order valence-corrected chi connectivity index (χ3v) is 1.17. The van der Waals surface area contributed by atoms with E-state index in [9.17, 15) is 0 Å². The fraction of sp³-hybridized carbons (Fsp3) is 0.133. The van der Waals surface area contributed by atoms with Gasteiger partial charge in [0, 0.05) is 26.2 Å². The number of halogens is 2. The Kier molecular flexibility index (Phi) is 124. The molecule has 0 radical (unpaired) electrons. The summed E-state index contributed by atoms with van der Waals surface area (Å²) in [6.45, 7) is 0. The topological polar surface area (TPSA) is 0 Å². The van der Waals surface area contributed by atoms with Crippen molar-refractivity contribution in [3.8, 4) is 0 Å². The number of rotatable bonds is 0. The number of hydrogen-bond acceptors (Lipinski definition) is 0. The van der Waals surface area contributed by atoms with Crippen LogP contribution in [0.4, 0.5) is 0 Å². The van der Waals surface area contributed by atoms with Crippen molar-refractivity contribution in [3.63, 3.8) is 0 Å². The Morgan fingerprint density at radius 3 is 0.944 bits per heavy atom. The summed E-state index contributed by atoms with van der Waals surface area (Å²) in [5.41, 5.74) is 0. The van der Waals surface area contributed by atoms with Gasteiger partial charge in [0.1, 0.15) is 0 Å². The number of allylic oxidation sites excluding steroid dienone is 8. The molecule has 0 saturated heterocycles. The van der Waals surface area contributed by atoms with Crippen molar-refractivity contribution in [2.24, 2.45) is 0 Å². The second-order valence-electron chi connectivity index (χ2n) is 2.01. The molecule has 0 spiro atoms. The van der Waals surface area contributed by atoms with Gasteiger partial charge in [0.15, 0.2) is 0 Å². The van der Waals surface area contributed by atoms with Crippen molar-refractivity contribution in [1.82, 2.24) is 0 Å². The van der Waals surface area contributed by atoms with E-state index in [2.05, 4.69) is 24.3 Å². The van der Waals surface area contributed by atoms with E-state index >= 15 is 0 Å². The van der Waals surface area contributed by atoms with E-state index in [4.69, 9.17) is 0 Å². The quantitative estimate of drug-likeness (QED) is 0.480. The second kappa shape index (κ2) is 43.3. The molecule has 112 valence electrons. The monoisotopic (exact) mass is 367 g/mol. The van der Waals surface area contributed by atoms with Crippen LogP contribution in [0.3, 0.4) is 0 Å². The molecule has 0 aromatic rings. The van der Waals surface area contributed by atoms with Crippen molar-refractivity contribution in [2.45, 2.75) is 12.8 Å². The minimum Gasteiger partial charge on any atom is -0.358 e. The molecule has 0 unspecified atom stereocenters. The van der Waals surface area contributed by atoms with Crippen LogP contribution in [-0.4, -0.2) is 0 Å². The van der Waals surface area contributed by atoms with Gasteiger partial charge in [-0.25, -0.2) is 24.3 Å². The van der Waals surface area contributed by atoms with E-state index in [1.807, 2.05) is 24.3 Å². The molecule has 0 aromatic heterocycles. The maximum atomic E-state index is 2.99. The summed E-state index contributed by atoms with van der Waals surface area (Å²) in [7, 11) is 0. The third-order valence-electron chi connectivity index (χ3n) is 1.17. The van der Waals surface area contributed by atoms with E-state index in [1.54, 1.807) is 0 Å². The maximum absolute atomic E-state index is 2.99. The molecule has 18 heavy (non-hydrogen) atoms. The summed E-state index contributed by atoms with van der Waals surface area (Å²) in [5.74, 6) is 0. The molecule has 0 nitrogen and oxygen atoms in total. The Labute approximate surface area is 149 Å². The second-order valence-corrected chi connectivity index (χ2v) is 2.01. The Morgan fingerprint density at radius 1 is 0.611 bits per heavy atom. The van der Waals surface area contributed by atoms with Crippen LogP contribution in [0.1, 0.15) is 12.8 Å². The summed E-state index contributed by atoms with van der Waals surface area (Å²) in [6.07, 6.45) is 20.0. The predicted molar refractivity (Wildman–Crippen MR) is 89.7 cm³/mol. The smallest absolute Gasteiger partial charge is 0 e. The first-order valence-corrected chi connectivity index (χ1v) is 3.43. The molecule has 0 saturated carbocycles. The first kappa shape index (κ1) is 51.5. The van der Waals surface area contributed by atoms with Gasteiger partial charge in [0.2, 0.25) is 0 Å². The van der Waals surface area contributed by atoms with E-state index in [1.165, 1.54) is 0 Å². The van der Waals surface area contributed by atoms with Crippen LogP contribution in [0, 0.1) is 49.3 Å². The van der Waals surface area contributed by atoms with Crippen LogP contribution >= 0.6 is 24.8 Å². The minimum atomic E-state index is 0. The van der Waals surface area contributed by atoms with E-state index in [0.29, 0.717) is 0 Å². The van der Waals surface area contributed by atoms with Crippen molar-refractivity contribution in [1.29, 1.82) is 0 Å². The first-order chi connectivity index (χ1) is 5.00. The van der Waals surface area contributed by atoms with Gasteiger partial charge in [0.25, 0.3) is 0 Å². The fourth-order valence-corrected chi connectivity index (χ4v) is 0.680. The van der Waals surface area contributed by atoms with Gasteiger partial charge in [-0.2, -0.15) is 12.2 Å². The molecule has 2 aliphatic rings. The summed E-state index contributed by atoms with van der Waals surface area (Å²) < 4.78 is 0. The van der Waals surface area contributed by atoms with Gasteiger partial charge in [-0.05, 0) is 0 Å². The summed E-state index contributed by atoms with van der Waals surface area (Å²) in [5, 5.41) is 0. The van der Waals surface area contributed by atoms with E-state index < -0.39 is 0 Å². The first-order valence-electron chi connectivity index (χ1n) is 3.43. The molecule has 2 rings (SSSR count).